The third-order valence-corrected chi connectivity index (χ3v) is 17.5. The summed E-state index contributed by atoms with van der Waals surface area (Å²) in [5.74, 6) is -0.380. The molecule has 3 rings (SSSR count). The monoisotopic (exact) mass is 582 g/mol. The molecule has 1 amide bonds. The number of aromatic nitrogens is 4. The van der Waals surface area contributed by atoms with Crippen molar-refractivity contribution in [3.63, 3.8) is 0 Å². The normalized spacial score (nSPS) is 22.8. The molecule has 2 aromatic rings. The molecule has 39 heavy (non-hydrogen) atoms. The molecular formula is C25H46N6O6Si2. The van der Waals surface area contributed by atoms with Gasteiger partial charge in [0.25, 0.3) is 5.56 Å². The lowest BCUT2D eigenvalue weighted by Gasteiger charge is -2.41. The summed E-state index contributed by atoms with van der Waals surface area (Å²) >= 11 is 0. The van der Waals surface area contributed by atoms with Crippen LogP contribution in [0.1, 0.15) is 47.8 Å². The minimum absolute atomic E-state index is 0.000830. The standard InChI is InChI=1S/C25H46N6O6Si2/c1-24(2,3)38(8,9)35-13-16-15(12-34-23(33)27-7)18(37-39(10,11)25(4,5)6)21(36-16)31-14-28-17-19(31)29-22(26)30-20(17)32/h14-16,18,21H,12-13H2,1-11H3,(H,27,33)(H3,26,29,30,32)/t15-,16-,18?,21-/m1/s1. The van der Waals surface area contributed by atoms with Crippen molar-refractivity contribution in [3.8, 4) is 0 Å². The Morgan fingerprint density at radius 1 is 1.13 bits per heavy atom. The van der Waals surface area contributed by atoms with Gasteiger partial charge in [-0.1, -0.05) is 41.5 Å². The first kappa shape index (κ1) is 31.3. The highest BCUT2D eigenvalue weighted by molar-refractivity contribution is 6.74. The molecular weight excluding hydrogens is 536 g/mol. The second kappa shape index (κ2) is 11.0. The number of nitrogens with one attached hydrogen (secondary N) is 2. The lowest BCUT2D eigenvalue weighted by molar-refractivity contribution is -0.0457. The van der Waals surface area contributed by atoms with E-state index in [9.17, 15) is 9.59 Å². The van der Waals surface area contributed by atoms with E-state index in [0.717, 1.165) is 0 Å². The highest BCUT2D eigenvalue weighted by Gasteiger charge is 2.52. The lowest BCUT2D eigenvalue weighted by atomic mass is 9.99. The molecule has 0 radical (unpaired) electrons. The van der Waals surface area contributed by atoms with Crippen molar-refractivity contribution in [2.75, 3.05) is 26.0 Å². The van der Waals surface area contributed by atoms with Crippen LogP contribution >= 0.6 is 0 Å². The molecule has 0 spiro atoms. The Labute approximate surface area is 232 Å². The molecule has 0 saturated carbocycles. The maximum Gasteiger partial charge on any atom is 0.406 e. The van der Waals surface area contributed by atoms with Gasteiger partial charge in [0.05, 0.1) is 31.1 Å². The van der Waals surface area contributed by atoms with E-state index in [-0.39, 0.29) is 34.1 Å². The highest BCUT2D eigenvalue weighted by Crippen LogP contribution is 2.45. The average Bonchev–Trinajstić information content (AvgIpc) is 3.35. The van der Waals surface area contributed by atoms with Gasteiger partial charge < -0.3 is 29.4 Å². The second-order valence-electron chi connectivity index (χ2n) is 13.3. The molecule has 0 bridgehead atoms. The number of nitrogens with two attached hydrogens (primary N) is 1. The number of imidazole rings is 1. The van der Waals surface area contributed by atoms with Gasteiger partial charge in [0.15, 0.2) is 34.0 Å². The summed E-state index contributed by atoms with van der Waals surface area (Å²) < 4.78 is 27.5. The summed E-state index contributed by atoms with van der Waals surface area (Å²) in [6.45, 7) is 22.1. The lowest BCUT2D eigenvalue weighted by Crippen LogP contribution is -2.49. The number of ether oxygens (including phenoxy) is 2. The Morgan fingerprint density at radius 3 is 2.31 bits per heavy atom. The van der Waals surface area contributed by atoms with Crippen molar-refractivity contribution >= 4 is 39.8 Å². The van der Waals surface area contributed by atoms with Crippen LogP contribution in [0.2, 0.25) is 36.3 Å². The molecule has 4 N–H and O–H groups in total. The van der Waals surface area contributed by atoms with E-state index >= 15 is 0 Å². The number of hydrogen-bond acceptors (Lipinski definition) is 9. The van der Waals surface area contributed by atoms with Crippen LogP contribution in [0.3, 0.4) is 0 Å². The molecule has 1 aliphatic rings. The van der Waals surface area contributed by atoms with Crippen LogP contribution in [0.15, 0.2) is 11.1 Å². The van der Waals surface area contributed by atoms with Crippen molar-refractivity contribution < 1.29 is 23.1 Å². The quantitative estimate of drug-likeness (QED) is 0.392. The first-order valence-corrected chi connectivity index (χ1v) is 19.1. The topological polar surface area (TPSA) is 156 Å². The summed E-state index contributed by atoms with van der Waals surface area (Å²) in [5.41, 5.74) is 5.89. The number of amides is 1. The molecule has 2 aromatic heterocycles. The van der Waals surface area contributed by atoms with E-state index in [2.05, 4.69) is 88.0 Å². The summed E-state index contributed by atoms with van der Waals surface area (Å²) in [6.07, 6.45) is -0.720. The van der Waals surface area contributed by atoms with Gasteiger partial charge >= 0.3 is 6.09 Å². The van der Waals surface area contributed by atoms with Crippen LogP contribution < -0.4 is 16.6 Å². The van der Waals surface area contributed by atoms with Crippen LogP contribution in [-0.4, -0.2) is 74.7 Å². The van der Waals surface area contributed by atoms with Gasteiger partial charge in [0.2, 0.25) is 5.95 Å². The molecule has 0 aromatic carbocycles. The number of fused-ring (bicyclic) bond motifs is 1. The van der Waals surface area contributed by atoms with Crippen LogP contribution in [0.5, 0.6) is 0 Å². The number of nitrogen functional groups attached to an aromatic ring is 1. The molecule has 1 saturated heterocycles. The van der Waals surface area contributed by atoms with Crippen molar-refractivity contribution in [2.45, 2.75) is 96.2 Å². The van der Waals surface area contributed by atoms with E-state index in [0.29, 0.717) is 12.3 Å². The smallest absolute Gasteiger partial charge is 0.406 e. The Morgan fingerprint density at radius 2 is 1.74 bits per heavy atom. The van der Waals surface area contributed by atoms with Crippen molar-refractivity contribution in [3.05, 3.63) is 16.7 Å². The molecule has 1 aliphatic heterocycles. The number of aromatic amines is 1. The van der Waals surface area contributed by atoms with Gasteiger partial charge in [-0.05, 0) is 36.3 Å². The van der Waals surface area contributed by atoms with Crippen LogP contribution in [0, 0.1) is 5.92 Å². The largest absolute Gasteiger partial charge is 0.449 e. The fourth-order valence-corrected chi connectivity index (χ4v) is 6.25. The number of carbonyl (C=O) groups is 1. The zero-order valence-corrected chi connectivity index (χ0v) is 27.2. The maximum atomic E-state index is 12.5. The van der Waals surface area contributed by atoms with E-state index in [1.807, 2.05) is 0 Å². The number of anilines is 1. The van der Waals surface area contributed by atoms with E-state index in [1.165, 1.54) is 13.4 Å². The second-order valence-corrected chi connectivity index (χ2v) is 22.8. The third-order valence-electron chi connectivity index (χ3n) is 8.48. The average molecular weight is 583 g/mol. The van der Waals surface area contributed by atoms with E-state index in [1.54, 1.807) is 4.57 Å². The zero-order chi connectivity index (χ0) is 29.6. The molecule has 1 unspecified atom stereocenters. The number of hydrogen-bond donors (Lipinski definition) is 3. The Balaban J connectivity index is 2.10. The van der Waals surface area contributed by atoms with Crippen molar-refractivity contribution in [2.24, 2.45) is 5.92 Å². The van der Waals surface area contributed by atoms with E-state index < -0.39 is 46.7 Å². The maximum absolute atomic E-state index is 12.5. The summed E-state index contributed by atoms with van der Waals surface area (Å²) in [4.78, 5) is 35.8. The van der Waals surface area contributed by atoms with Crippen molar-refractivity contribution in [1.82, 2.24) is 24.8 Å². The van der Waals surface area contributed by atoms with Gasteiger partial charge in [0, 0.05) is 7.05 Å². The summed E-state index contributed by atoms with van der Waals surface area (Å²) in [6, 6.07) is 0. The van der Waals surface area contributed by atoms with Crippen LogP contribution in [-0.2, 0) is 18.3 Å². The fourth-order valence-electron chi connectivity index (χ4n) is 3.91. The van der Waals surface area contributed by atoms with Crippen LogP contribution in [0.4, 0.5) is 10.7 Å². The zero-order valence-electron chi connectivity index (χ0n) is 25.2. The SMILES string of the molecule is CNC(=O)OC[C@H]1C(O[Si](C)(C)C(C)(C)C)[C@H](n2cnc3c(=O)[nH]c(N)nc32)O[C@@H]1CO[Si](C)(C)C(C)(C)C. The Hall–Kier alpha value is -2.27. The molecule has 12 nitrogen and oxygen atoms in total. The van der Waals surface area contributed by atoms with E-state index in [4.69, 9.17) is 24.1 Å². The van der Waals surface area contributed by atoms with Gasteiger partial charge in [0.1, 0.15) is 6.61 Å². The Kier molecular flexibility index (Phi) is 8.78. The minimum atomic E-state index is -2.35. The molecule has 3 heterocycles. The highest BCUT2D eigenvalue weighted by atomic mass is 28.4. The number of alkyl carbamates (subject to hydrolysis) is 1. The molecule has 1 fully saturated rings. The minimum Gasteiger partial charge on any atom is -0.449 e. The molecule has 14 heteroatoms. The summed E-state index contributed by atoms with van der Waals surface area (Å²) in [7, 11) is -2.96. The predicted octanol–water partition coefficient (Wildman–Crippen LogP) is 3.98. The molecule has 4 atom stereocenters. The molecule has 0 aliphatic carbocycles. The van der Waals surface area contributed by atoms with Gasteiger partial charge in [-0.3, -0.25) is 14.3 Å². The fraction of sp³-hybridized carbons (Fsp3) is 0.760. The third kappa shape index (κ3) is 6.56. The molecule has 220 valence electrons. The first-order chi connectivity index (χ1) is 17.8. The predicted molar refractivity (Wildman–Crippen MR) is 156 cm³/mol. The number of nitrogens with zero attached hydrogens (tertiary/aromatic N) is 3. The van der Waals surface area contributed by atoms with Gasteiger partial charge in [-0.15, -0.1) is 0 Å². The first-order valence-electron chi connectivity index (χ1n) is 13.3. The van der Waals surface area contributed by atoms with Gasteiger partial charge in [-0.25, -0.2) is 9.78 Å². The van der Waals surface area contributed by atoms with Gasteiger partial charge in [-0.2, -0.15) is 4.98 Å². The van der Waals surface area contributed by atoms with Crippen molar-refractivity contribution in [1.29, 1.82) is 0 Å². The van der Waals surface area contributed by atoms with Crippen LogP contribution in [0.25, 0.3) is 11.2 Å². The Bertz CT molecular complexity index is 1230. The summed E-state index contributed by atoms with van der Waals surface area (Å²) in [5, 5.41) is 2.41. The number of carbonyl (C=O) groups excluding carboxylic acids is 1. The number of rotatable bonds is 8. The number of H-pyrrole nitrogens is 1.